The molecule has 1 fully saturated rings. The summed E-state index contributed by atoms with van der Waals surface area (Å²) >= 11 is 1.60. The molecule has 1 aliphatic heterocycles. The minimum atomic E-state index is 1.36. The van der Waals surface area contributed by atoms with E-state index in [-0.39, 0.29) is 0 Å². The molecule has 6 heavy (non-hydrogen) atoms. The van der Waals surface area contributed by atoms with Crippen LogP contribution >= 0.6 is 0 Å². The van der Waals surface area contributed by atoms with Gasteiger partial charge in [0.05, 0.1) is 0 Å². The van der Waals surface area contributed by atoms with Crippen molar-refractivity contribution in [2.24, 2.45) is 0 Å². The molecule has 0 unspecified atom stereocenters. The Morgan fingerprint density at radius 2 is 1.67 bits per heavy atom. The molecule has 0 bridgehead atoms. The average molecular weight is 161 g/mol. The summed E-state index contributed by atoms with van der Waals surface area (Å²) in [4.78, 5) is 0. The van der Waals surface area contributed by atoms with Crippen LogP contribution in [0.25, 0.3) is 0 Å². The molecule has 0 radical (unpaired) electrons. The van der Waals surface area contributed by atoms with Crippen LogP contribution in [-0.4, -0.2) is 15.9 Å². The van der Waals surface area contributed by atoms with Crippen molar-refractivity contribution >= 4 is 0 Å². The van der Waals surface area contributed by atoms with E-state index >= 15 is 0 Å². The molecular formula is C4H8NZr. The van der Waals surface area contributed by atoms with Gasteiger partial charge in [0, 0.05) is 0 Å². The second kappa shape index (κ2) is 2.23. The van der Waals surface area contributed by atoms with Crippen molar-refractivity contribution in [2.45, 2.75) is 12.8 Å². The molecule has 0 amide bonds. The molecule has 1 aliphatic rings. The Balaban J connectivity index is 2.18. The first-order valence-corrected chi connectivity index (χ1v) is 3.46. The third-order valence-corrected chi connectivity index (χ3v) is 2.21. The maximum atomic E-state index is 2.45. The first-order chi connectivity index (χ1) is 2.89. The number of hydrogen-bond donors (Lipinski definition) is 0. The van der Waals surface area contributed by atoms with E-state index in [1.807, 2.05) is 0 Å². The zero-order chi connectivity index (χ0) is 4.41. The number of nitrogens with zero attached hydrogens (tertiary/aromatic N) is 1. The van der Waals surface area contributed by atoms with Crippen LogP contribution in [0.4, 0.5) is 0 Å². The molecule has 0 saturated carbocycles. The number of hydrogen-bond acceptors (Lipinski definition) is 1. The van der Waals surface area contributed by atoms with Gasteiger partial charge in [-0.05, 0) is 0 Å². The first-order valence-electron chi connectivity index (χ1n) is 2.36. The Morgan fingerprint density at radius 3 is 1.83 bits per heavy atom. The van der Waals surface area contributed by atoms with Gasteiger partial charge in [-0.1, -0.05) is 0 Å². The van der Waals surface area contributed by atoms with Gasteiger partial charge in [-0.15, -0.1) is 0 Å². The van der Waals surface area contributed by atoms with Gasteiger partial charge in [0.1, 0.15) is 0 Å². The van der Waals surface area contributed by atoms with Crippen molar-refractivity contribution < 1.29 is 25.0 Å². The Hall–Kier alpha value is 0.843. The molecule has 33 valence electrons. The molecule has 0 aromatic carbocycles. The van der Waals surface area contributed by atoms with Gasteiger partial charge in [0.15, 0.2) is 0 Å². The Labute approximate surface area is 54.0 Å². The third kappa shape index (κ3) is 1.16. The van der Waals surface area contributed by atoms with Crippen LogP contribution in [0.5, 0.6) is 0 Å². The summed E-state index contributed by atoms with van der Waals surface area (Å²) in [6.45, 7) is 2.72. The van der Waals surface area contributed by atoms with Crippen LogP contribution in [0.2, 0.25) is 0 Å². The predicted molar refractivity (Wildman–Crippen MR) is 20.8 cm³/mol. The van der Waals surface area contributed by atoms with Crippen LogP contribution in [0.15, 0.2) is 0 Å². The average Bonchev–Trinajstić information content (AvgIpc) is 1.86. The van der Waals surface area contributed by atoms with Gasteiger partial charge in [-0.25, -0.2) is 0 Å². The van der Waals surface area contributed by atoms with Gasteiger partial charge >= 0.3 is 53.8 Å². The van der Waals surface area contributed by atoms with Gasteiger partial charge in [0.25, 0.3) is 0 Å². The summed E-state index contributed by atoms with van der Waals surface area (Å²) in [7, 11) is 0. The van der Waals surface area contributed by atoms with E-state index in [1.54, 1.807) is 25.0 Å². The normalized spacial score (nSPS) is 25.2. The molecule has 1 nitrogen and oxygen atoms in total. The molecule has 0 aromatic heterocycles. The topological polar surface area (TPSA) is 3.24 Å². The fourth-order valence-corrected chi connectivity index (χ4v) is 1.49. The zero-order valence-corrected chi connectivity index (χ0v) is 6.23. The Bertz CT molecular complexity index is 40.8. The molecule has 1 rings (SSSR count). The maximum absolute atomic E-state index is 2.45. The first kappa shape index (κ1) is 4.99. The minimum absolute atomic E-state index is 1.36. The van der Waals surface area contributed by atoms with Crippen LogP contribution < -0.4 is 0 Å². The van der Waals surface area contributed by atoms with Gasteiger partial charge < -0.3 is 0 Å². The summed E-state index contributed by atoms with van der Waals surface area (Å²) in [5.41, 5.74) is 0. The molecule has 1 saturated heterocycles. The fourth-order valence-electron chi connectivity index (χ4n) is 0.717. The van der Waals surface area contributed by atoms with Crippen molar-refractivity contribution in [3.05, 3.63) is 0 Å². The molecule has 1 heterocycles. The van der Waals surface area contributed by atoms with Crippen LogP contribution in [0.3, 0.4) is 0 Å². The second-order valence-electron chi connectivity index (χ2n) is 1.69. The summed E-state index contributed by atoms with van der Waals surface area (Å²) in [5, 5.41) is 0. The van der Waals surface area contributed by atoms with Crippen molar-refractivity contribution in [3.63, 3.8) is 0 Å². The Morgan fingerprint density at radius 1 is 1.17 bits per heavy atom. The van der Waals surface area contributed by atoms with E-state index in [2.05, 4.69) is 2.84 Å². The number of rotatable bonds is 0. The SMILES string of the molecule is [Zr][N]1CCCC1. The monoisotopic (exact) mass is 160 g/mol. The molecule has 0 aromatic rings. The zero-order valence-electron chi connectivity index (χ0n) is 3.78. The van der Waals surface area contributed by atoms with Crippen LogP contribution in [-0.2, 0) is 25.0 Å². The second-order valence-corrected chi connectivity index (χ2v) is 3.25. The van der Waals surface area contributed by atoms with Crippen molar-refractivity contribution in [3.8, 4) is 0 Å². The predicted octanol–water partition coefficient (Wildman–Crippen LogP) is 0.544. The van der Waals surface area contributed by atoms with Gasteiger partial charge in [0.2, 0.25) is 0 Å². The van der Waals surface area contributed by atoms with Gasteiger partial charge in [-0.3, -0.25) is 0 Å². The van der Waals surface area contributed by atoms with Crippen molar-refractivity contribution in [1.82, 2.24) is 2.84 Å². The molecule has 2 heteroatoms. The molecule has 0 spiro atoms. The summed E-state index contributed by atoms with van der Waals surface area (Å²) in [6.07, 6.45) is 2.87. The van der Waals surface area contributed by atoms with E-state index in [0.717, 1.165) is 0 Å². The Kier molecular flexibility index (Phi) is 1.85. The van der Waals surface area contributed by atoms with E-state index in [0.29, 0.717) is 0 Å². The molecule has 0 N–H and O–H groups in total. The molecule has 0 atom stereocenters. The van der Waals surface area contributed by atoms with E-state index in [9.17, 15) is 0 Å². The third-order valence-electron chi connectivity index (χ3n) is 1.11. The fraction of sp³-hybridized carbons (Fsp3) is 1.00. The van der Waals surface area contributed by atoms with E-state index < -0.39 is 0 Å². The summed E-state index contributed by atoms with van der Waals surface area (Å²) in [6, 6.07) is 0. The van der Waals surface area contributed by atoms with Crippen LogP contribution in [0, 0.1) is 0 Å². The summed E-state index contributed by atoms with van der Waals surface area (Å²) in [5.74, 6) is 0. The van der Waals surface area contributed by atoms with E-state index in [4.69, 9.17) is 0 Å². The quantitative estimate of drug-likeness (QED) is 0.501. The van der Waals surface area contributed by atoms with Crippen molar-refractivity contribution in [1.29, 1.82) is 0 Å². The summed E-state index contributed by atoms with van der Waals surface area (Å²) < 4.78 is 2.45. The molecular weight excluding hydrogens is 153 g/mol. The van der Waals surface area contributed by atoms with Gasteiger partial charge in [-0.2, -0.15) is 0 Å². The van der Waals surface area contributed by atoms with Crippen molar-refractivity contribution in [2.75, 3.05) is 13.1 Å². The standard InChI is InChI=1S/C4H8N.Zr/c1-2-4-5-3-1;/h1-4H2;/q-1;+1. The van der Waals surface area contributed by atoms with Crippen LogP contribution in [0.1, 0.15) is 12.8 Å². The van der Waals surface area contributed by atoms with E-state index in [1.165, 1.54) is 25.9 Å². The molecule has 0 aliphatic carbocycles.